The summed E-state index contributed by atoms with van der Waals surface area (Å²) in [6.45, 7) is 18.1. The van der Waals surface area contributed by atoms with Crippen LogP contribution in [0.5, 0.6) is 0 Å². The Labute approximate surface area is 126 Å². The van der Waals surface area contributed by atoms with Gasteiger partial charge in [0.15, 0.2) is 0 Å². The molecule has 2 atom stereocenters. The highest BCUT2D eigenvalue weighted by atomic mass is 15.1. The van der Waals surface area contributed by atoms with E-state index in [1.807, 2.05) is 0 Å². The summed E-state index contributed by atoms with van der Waals surface area (Å²) in [6.07, 6.45) is 6.69. The van der Waals surface area contributed by atoms with Crippen molar-refractivity contribution in [2.45, 2.75) is 60.8 Å². The second kappa shape index (κ2) is 6.22. The van der Waals surface area contributed by atoms with E-state index in [9.17, 15) is 0 Å². The number of hydrogen-bond donors (Lipinski definition) is 0. The Hall–Kier alpha value is -0.300. The average Bonchev–Trinajstić information content (AvgIpc) is 2.34. The molecule has 3 rings (SSSR count). The van der Waals surface area contributed by atoms with Gasteiger partial charge in [0.05, 0.1) is 0 Å². The predicted octanol–water partition coefficient (Wildman–Crippen LogP) is 4.98. The molecule has 0 amide bonds. The molecule has 1 nitrogen and oxygen atoms in total. The zero-order valence-electron chi connectivity index (χ0n) is 14.6. The van der Waals surface area contributed by atoms with E-state index in [2.05, 4.69) is 52.5 Å². The van der Waals surface area contributed by atoms with Crippen molar-refractivity contribution in [2.24, 2.45) is 29.1 Å². The van der Waals surface area contributed by atoms with Crippen molar-refractivity contribution in [2.75, 3.05) is 19.6 Å². The summed E-state index contributed by atoms with van der Waals surface area (Å²) in [6, 6.07) is 0. The van der Waals surface area contributed by atoms with Crippen LogP contribution in [0, 0.1) is 29.1 Å². The van der Waals surface area contributed by atoms with E-state index in [-0.39, 0.29) is 0 Å². The average molecular weight is 277 g/mol. The van der Waals surface area contributed by atoms with Crippen molar-refractivity contribution in [3.8, 4) is 0 Å². The summed E-state index contributed by atoms with van der Waals surface area (Å²) in [4.78, 5) is 2.69. The summed E-state index contributed by atoms with van der Waals surface area (Å²) >= 11 is 0. The maximum Gasteiger partial charge on any atom is 0.00189 e. The Kier molecular flexibility index (Phi) is 5.00. The second-order valence-electron chi connectivity index (χ2n) is 8.62. The number of rotatable bonds is 7. The standard InChI is InChI=1S/C19H35N/c1-14(2)12-20(13-15(3)4)10-9-16-7-8-17-11-18(16)19(17,5)6/h7,14-15,17-18H,8-13H2,1-6H3/t17-,18-/m0/s1. The molecule has 3 aliphatic rings. The van der Waals surface area contributed by atoms with Crippen molar-refractivity contribution >= 4 is 0 Å². The normalized spacial score (nSPS) is 27.9. The van der Waals surface area contributed by atoms with Crippen LogP contribution in [-0.2, 0) is 0 Å². The molecule has 1 heteroatoms. The molecule has 116 valence electrons. The summed E-state index contributed by atoms with van der Waals surface area (Å²) in [5.74, 6) is 3.41. The molecule has 0 radical (unpaired) electrons. The molecule has 3 aliphatic carbocycles. The van der Waals surface area contributed by atoms with Crippen molar-refractivity contribution < 1.29 is 0 Å². The van der Waals surface area contributed by atoms with Crippen molar-refractivity contribution in [1.29, 1.82) is 0 Å². The molecule has 0 aromatic rings. The van der Waals surface area contributed by atoms with Crippen LogP contribution < -0.4 is 0 Å². The van der Waals surface area contributed by atoms with E-state index in [0.29, 0.717) is 5.41 Å². The van der Waals surface area contributed by atoms with E-state index in [1.165, 1.54) is 38.9 Å². The minimum atomic E-state index is 0.588. The van der Waals surface area contributed by atoms with Crippen LogP contribution >= 0.6 is 0 Å². The molecule has 0 aliphatic heterocycles. The number of nitrogens with zero attached hydrogens (tertiary/aromatic N) is 1. The molecule has 0 unspecified atom stereocenters. The van der Waals surface area contributed by atoms with E-state index >= 15 is 0 Å². The highest BCUT2D eigenvalue weighted by Crippen LogP contribution is 2.59. The fourth-order valence-electron chi connectivity index (χ4n) is 4.33. The molecule has 1 saturated carbocycles. The SMILES string of the molecule is CC(C)CN(CCC1=CC[C@H]2C[C@@H]1C2(C)C)CC(C)C. The first-order valence-electron chi connectivity index (χ1n) is 8.72. The molecular weight excluding hydrogens is 242 g/mol. The lowest BCUT2D eigenvalue weighted by atomic mass is 9.48. The highest BCUT2D eigenvalue weighted by molar-refractivity contribution is 5.23. The fraction of sp³-hybridized carbons (Fsp3) is 0.895. The highest BCUT2D eigenvalue weighted by Gasteiger charge is 2.50. The number of allylic oxidation sites excluding steroid dienone is 1. The van der Waals surface area contributed by atoms with Gasteiger partial charge in [-0.3, -0.25) is 0 Å². The number of fused-ring (bicyclic) bond motifs is 1. The Balaban J connectivity index is 1.87. The molecule has 0 heterocycles. The third-order valence-corrected chi connectivity index (χ3v) is 5.55. The largest absolute Gasteiger partial charge is 0.303 e. The second-order valence-corrected chi connectivity index (χ2v) is 8.62. The molecule has 1 fully saturated rings. The first-order chi connectivity index (χ1) is 9.30. The van der Waals surface area contributed by atoms with Gasteiger partial charge in [-0.15, -0.1) is 0 Å². The minimum absolute atomic E-state index is 0.588. The van der Waals surface area contributed by atoms with Gasteiger partial charge in [0.2, 0.25) is 0 Å². The van der Waals surface area contributed by atoms with E-state index in [0.717, 1.165) is 23.7 Å². The summed E-state index contributed by atoms with van der Waals surface area (Å²) < 4.78 is 0. The third-order valence-electron chi connectivity index (χ3n) is 5.55. The summed E-state index contributed by atoms with van der Waals surface area (Å²) in [5.41, 5.74) is 2.36. The molecule has 20 heavy (non-hydrogen) atoms. The Morgan fingerprint density at radius 2 is 1.75 bits per heavy atom. The Morgan fingerprint density at radius 1 is 1.15 bits per heavy atom. The lowest BCUT2D eigenvalue weighted by molar-refractivity contribution is -0.00911. The lowest BCUT2D eigenvalue weighted by Crippen LogP contribution is -2.48. The predicted molar refractivity (Wildman–Crippen MR) is 88.8 cm³/mol. The smallest absolute Gasteiger partial charge is 0.00189 e. The van der Waals surface area contributed by atoms with Crippen molar-refractivity contribution in [3.05, 3.63) is 11.6 Å². The zero-order chi connectivity index (χ0) is 14.9. The van der Waals surface area contributed by atoms with Crippen LogP contribution in [0.15, 0.2) is 11.6 Å². The van der Waals surface area contributed by atoms with Crippen LogP contribution in [0.3, 0.4) is 0 Å². The van der Waals surface area contributed by atoms with Gasteiger partial charge in [0, 0.05) is 19.6 Å². The minimum Gasteiger partial charge on any atom is -0.303 e. The molecule has 0 saturated heterocycles. The molecule has 2 bridgehead atoms. The monoisotopic (exact) mass is 277 g/mol. The quantitative estimate of drug-likeness (QED) is 0.593. The van der Waals surface area contributed by atoms with Crippen LogP contribution in [0.4, 0.5) is 0 Å². The first kappa shape index (κ1) is 16.1. The third kappa shape index (κ3) is 3.47. The van der Waals surface area contributed by atoms with Gasteiger partial charge in [-0.2, -0.15) is 0 Å². The first-order valence-corrected chi connectivity index (χ1v) is 8.72. The van der Waals surface area contributed by atoms with Crippen LogP contribution in [-0.4, -0.2) is 24.5 Å². The van der Waals surface area contributed by atoms with Gasteiger partial charge >= 0.3 is 0 Å². The van der Waals surface area contributed by atoms with Crippen molar-refractivity contribution in [3.63, 3.8) is 0 Å². The molecule has 0 N–H and O–H groups in total. The summed E-state index contributed by atoms with van der Waals surface area (Å²) in [5, 5.41) is 0. The van der Waals surface area contributed by atoms with Crippen molar-refractivity contribution in [1.82, 2.24) is 4.90 Å². The van der Waals surface area contributed by atoms with Gasteiger partial charge in [-0.05, 0) is 48.3 Å². The van der Waals surface area contributed by atoms with Crippen LogP contribution in [0.1, 0.15) is 60.8 Å². The van der Waals surface area contributed by atoms with Gasteiger partial charge in [0.25, 0.3) is 0 Å². The van der Waals surface area contributed by atoms with E-state index in [4.69, 9.17) is 0 Å². The molecule has 0 aromatic carbocycles. The lowest BCUT2D eigenvalue weighted by Gasteiger charge is -2.56. The Morgan fingerprint density at radius 3 is 2.20 bits per heavy atom. The van der Waals surface area contributed by atoms with Gasteiger partial charge < -0.3 is 4.90 Å². The van der Waals surface area contributed by atoms with Gasteiger partial charge in [-0.25, -0.2) is 0 Å². The molecular formula is C19H35N. The maximum absolute atomic E-state index is 2.69. The van der Waals surface area contributed by atoms with Gasteiger partial charge in [0.1, 0.15) is 0 Å². The van der Waals surface area contributed by atoms with Crippen LogP contribution in [0.2, 0.25) is 0 Å². The fourth-order valence-corrected chi connectivity index (χ4v) is 4.33. The maximum atomic E-state index is 2.69. The van der Waals surface area contributed by atoms with Crippen LogP contribution in [0.25, 0.3) is 0 Å². The van der Waals surface area contributed by atoms with Gasteiger partial charge in [-0.1, -0.05) is 53.2 Å². The summed E-state index contributed by atoms with van der Waals surface area (Å²) in [7, 11) is 0. The Bertz CT molecular complexity index is 341. The molecule has 0 aromatic heterocycles. The number of hydrogen-bond acceptors (Lipinski definition) is 1. The van der Waals surface area contributed by atoms with E-state index < -0.39 is 0 Å². The zero-order valence-corrected chi connectivity index (χ0v) is 14.6. The molecule has 0 spiro atoms. The topological polar surface area (TPSA) is 3.24 Å². The van der Waals surface area contributed by atoms with E-state index in [1.54, 1.807) is 5.57 Å².